The maximum absolute atomic E-state index is 5.25. The summed E-state index contributed by atoms with van der Waals surface area (Å²) in [5.41, 5.74) is 0. The van der Waals surface area contributed by atoms with Gasteiger partial charge in [-0.1, -0.05) is 0 Å². The Labute approximate surface area is 91.6 Å². The lowest BCUT2D eigenvalue weighted by atomic mass is 10.7. The van der Waals surface area contributed by atoms with E-state index < -0.39 is 0 Å². The zero-order valence-corrected chi connectivity index (χ0v) is 9.41. The summed E-state index contributed by atoms with van der Waals surface area (Å²) in [5, 5.41) is 0. The van der Waals surface area contributed by atoms with Crippen molar-refractivity contribution in [2.75, 3.05) is 60.0 Å². The minimum Gasteiger partial charge on any atom is -0.382 e. The number of hydrogen-bond acceptors (Lipinski definition) is 5. The molecule has 0 aliphatic carbocycles. The van der Waals surface area contributed by atoms with Crippen LogP contribution in [-0.4, -0.2) is 60.0 Å². The highest BCUT2D eigenvalue weighted by molar-refractivity contribution is 4.34. The summed E-state index contributed by atoms with van der Waals surface area (Å²) in [6.07, 6.45) is 0. The molecule has 0 atom stereocenters. The molecule has 0 aromatic rings. The van der Waals surface area contributed by atoms with E-state index in [1.54, 1.807) is 7.11 Å². The fourth-order valence-corrected chi connectivity index (χ4v) is 0.802. The van der Waals surface area contributed by atoms with Crippen LogP contribution in [-0.2, 0) is 23.7 Å². The molecule has 5 nitrogen and oxygen atoms in total. The van der Waals surface area contributed by atoms with E-state index in [0.717, 1.165) is 0 Å². The molecule has 0 saturated heterocycles. The molecule has 0 heterocycles. The lowest BCUT2D eigenvalue weighted by Crippen LogP contribution is -2.12. The number of hydrogen-bond donors (Lipinski definition) is 0. The third-order valence-corrected chi connectivity index (χ3v) is 1.55. The maximum Gasteiger partial charge on any atom is 0.0701 e. The van der Waals surface area contributed by atoms with Gasteiger partial charge in [0, 0.05) is 7.11 Å². The minimum atomic E-state index is 0.514. The molecule has 0 aromatic carbocycles. The Kier molecular flexibility index (Phi) is 13.6. The monoisotopic (exact) mass is 221 g/mol. The minimum absolute atomic E-state index is 0.514. The van der Waals surface area contributed by atoms with Crippen molar-refractivity contribution < 1.29 is 23.7 Å². The van der Waals surface area contributed by atoms with Crippen LogP contribution >= 0.6 is 0 Å². The van der Waals surface area contributed by atoms with Crippen LogP contribution in [0.4, 0.5) is 0 Å². The van der Waals surface area contributed by atoms with Crippen LogP contribution in [0.3, 0.4) is 0 Å². The first-order valence-corrected chi connectivity index (χ1v) is 5.01. The van der Waals surface area contributed by atoms with E-state index in [2.05, 4.69) is 11.8 Å². The van der Waals surface area contributed by atoms with Gasteiger partial charge in [0.05, 0.1) is 60.0 Å². The first-order chi connectivity index (χ1) is 7.41. The third-order valence-electron chi connectivity index (χ3n) is 1.55. The summed E-state index contributed by atoms with van der Waals surface area (Å²) in [6.45, 7) is 4.61. The van der Waals surface area contributed by atoms with Crippen molar-refractivity contribution in [3.8, 4) is 0 Å². The Bertz CT molecular complexity index is 98.0. The van der Waals surface area contributed by atoms with Crippen molar-refractivity contribution in [3.05, 3.63) is 7.11 Å². The topological polar surface area (TPSA) is 46.2 Å². The van der Waals surface area contributed by atoms with Gasteiger partial charge >= 0.3 is 0 Å². The highest BCUT2D eigenvalue weighted by atomic mass is 16.6. The molecule has 0 aliphatic heterocycles. The van der Waals surface area contributed by atoms with E-state index >= 15 is 0 Å². The van der Waals surface area contributed by atoms with Crippen LogP contribution in [0.1, 0.15) is 0 Å². The molecule has 0 saturated carbocycles. The first kappa shape index (κ1) is 14.8. The quantitative estimate of drug-likeness (QED) is 0.449. The molecular formula is C10H21O5. The Balaban J connectivity index is 2.81. The van der Waals surface area contributed by atoms with Gasteiger partial charge in [0.1, 0.15) is 0 Å². The predicted octanol–water partition coefficient (Wildman–Crippen LogP) is 0.491. The second-order valence-corrected chi connectivity index (χ2v) is 2.74. The van der Waals surface area contributed by atoms with Gasteiger partial charge in [-0.25, -0.2) is 0 Å². The van der Waals surface area contributed by atoms with Crippen LogP contribution in [0.15, 0.2) is 0 Å². The Hall–Kier alpha value is -0.200. The van der Waals surface area contributed by atoms with Crippen LogP contribution in [0.2, 0.25) is 0 Å². The standard InChI is InChI=1S/C10H21O5/c1-11-3-5-13-7-9-15-10-8-14-6-4-12-2/h1,3-10H2,2H3. The fraction of sp³-hybridized carbons (Fsp3) is 0.900. The van der Waals surface area contributed by atoms with Gasteiger partial charge in [-0.3, -0.25) is 0 Å². The molecule has 0 fully saturated rings. The van der Waals surface area contributed by atoms with Crippen LogP contribution < -0.4 is 0 Å². The zero-order chi connectivity index (χ0) is 11.2. The van der Waals surface area contributed by atoms with Gasteiger partial charge in [-0.05, 0) is 0 Å². The lowest BCUT2D eigenvalue weighted by Gasteiger charge is -2.06. The SMILES string of the molecule is [CH2]OCCOCCOCCOCCOC. The van der Waals surface area contributed by atoms with E-state index in [0.29, 0.717) is 52.9 Å². The van der Waals surface area contributed by atoms with Gasteiger partial charge < -0.3 is 23.7 Å². The Morgan fingerprint density at radius 2 is 1.07 bits per heavy atom. The van der Waals surface area contributed by atoms with E-state index in [9.17, 15) is 0 Å². The van der Waals surface area contributed by atoms with Crippen LogP contribution in [0.5, 0.6) is 0 Å². The summed E-state index contributed by atoms with van der Waals surface area (Å²) < 4.78 is 25.0. The summed E-state index contributed by atoms with van der Waals surface area (Å²) >= 11 is 0. The van der Waals surface area contributed by atoms with Gasteiger partial charge in [0.15, 0.2) is 0 Å². The maximum atomic E-state index is 5.25. The normalized spacial score (nSPS) is 10.8. The number of ether oxygens (including phenoxy) is 5. The average Bonchev–Trinajstić information content (AvgIpc) is 2.26. The molecule has 1 radical (unpaired) electrons. The van der Waals surface area contributed by atoms with Crippen molar-refractivity contribution >= 4 is 0 Å². The number of methoxy groups -OCH3 is 1. The summed E-state index contributed by atoms with van der Waals surface area (Å²) in [6, 6.07) is 0. The third kappa shape index (κ3) is 13.8. The summed E-state index contributed by atoms with van der Waals surface area (Å²) in [4.78, 5) is 0. The van der Waals surface area contributed by atoms with E-state index in [4.69, 9.17) is 18.9 Å². The summed E-state index contributed by atoms with van der Waals surface area (Å²) in [5.74, 6) is 0. The molecular weight excluding hydrogens is 200 g/mol. The van der Waals surface area contributed by atoms with Gasteiger partial charge in [0.25, 0.3) is 0 Å². The second kappa shape index (κ2) is 13.8. The van der Waals surface area contributed by atoms with E-state index in [1.165, 1.54) is 0 Å². The molecule has 0 bridgehead atoms. The van der Waals surface area contributed by atoms with Crippen molar-refractivity contribution in [2.45, 2.75) is 0 Å². The average molecular weight is 221 g/mol. The van der Waals surface area contributed by atoms with Crippen molar-refractivity contribution in [1.29, 1.82) is 0 Å². The van der Waals surface area contributed by atoms with E-state index in [-0.39, 0.29) is 0 Å². The van der Waals surface area contributed by atoms with Crippen molar-refractivity contribution in [1.82, 2.24) is 0 Å². The van der Waals surface area contributed by atoms with Gasteiger partial charge in [0.2, 0.25) is 0 Å². The molecule has 0 aliphatic rings. The van der Waals surface area contributed by atoms with E-state index in [1.807, 2.05) is 0 Å². The summed E-state index contributed by atoms with van der Waals surface area (Å²) in [7, 11) is 4.88. The van der Waals surface area contributed by atoms with Crippen LogP contribution in [0.25, 0.3) is 0 Å². The van der Waals surface area contributed by atoms with Gasteiger partial charge in [-0.2, -0.15) is 0 Å². The molecule has 0 unspecified atom stereocenters. The largest absolute Gasteiger partial charge is 0.382 e. The molecule has 0 rings (SSSR count). The molecule has 0 N–H and O–H groups in total. The molecule has 0 aromatic heterocycles. The predicted molar refractivity (Wildman–Crippen MR) is 55.6 cm³/mol. The Morgan fingerprint density at radius 3 is 1.47 bits per heavy atom. The smallest absolute Gasteiger partial charge is 0.0701 e. The van der Waals surface area contributed by atoms with Crippen molar-refractivity contribution in [3.63, 3.8) is 0 Å². The van der Waals surface area contributed by atoms with Crippen molar-refractivity contribution in [2.24, 2.45) is 0 Å². The lowest BCUT2D eigenvalue weighted by molar-refractivity contribution is -0.00205. The zero-order valence-electron chi connectivity index (χ0n) is 9.41. The second-order valence-electron chi connectivity index (χ2n) is 2.74. The Morgan fingerprint density at radius 1 is 0.667 bits per heavy atom. The first-order valence-electron chi connectivity index (χ1n) is 5.01. The molecule has 5 heteroatoms. The highest BCUT2D eigenvalue weighted by Crippen LogP contribution is 1.82. The fourth-order valence-electron chi connectivity index (χ4n) is 0.802. The highest BCUT2D eigenvalue weighted by Gasteiger charge is 1.91. The molecule has 0 amide bonds. The number of rotatable bonds is 12. The molecule has 15 heavy (non-hydrogen) atoms. The molecule has 91 valence electrons. The molecule has 0 spiro atoms. The van der Waals surface area contributed by atoms with Gasteiger partial charge in [-0.15, -0.1) is 0 Å². The van der Waals surface area contributed by atoms with Crippen LogP contribution in [0, 0.1) is 7.11 Å².